The summed E-state index contributed by atoms with van der Waals surface area (Å²) in [5.74, 6) is 0.486. The number of rotatable bonds is 5. The van der Waals surface area contributed by atoms with Crippen LogP contribution in [0.2, 0.25) is 0 Å². The summed E-state index contributed by atoms with van der Waals surface area (Å²) in [6.07, 6.45) is 8.19. The van der Waals surface area contributed by atoms with Gasteiger partial charge in [0.25, 0.3) is 0 Å². The second-order valence-electron chi connectivity index (χ2n) is 5.49. The molecule has 0 amide bonds. The molecular formula is C14H24N2O3S. The Morgan fingerprint density at radius 3 is 2.65 bits per heavy atom. The van der Waals surface area contributed by atoms with E-state index in [-0.39, 0.29) is 0 Å². The monoisotopic (exact) mass is 300 g/mol. The summed E-state index contributed by atoms with van der Waals surface area (Å²) in [4.78, 5) is 2.25. The molecule has 0 N–H and O–H groups in total. The first-order chi connectivity index (χ1) is 9.47. The SMILES string of the molecule is CC1C=CC(N(CCN2CCOCC2)S(C)(=O)=O)=CC1. The van der Waals surface area contributed by atoms with Crippen LogP contribution in [0.25, 0.3) is 0 Å². The van der Waals surface area contributed by atoms with Gasteiger partial charge in [-0.2, -0.15) is 0 Å². The maximum Gasteiger partial charge on any atom is 0.232 e. The van der Waals surface area contributed by atoms with Crippen LogP contribution >= 0.6 is 0 Å². The molecule has 1 atom stereocenters. The summed E-state index contributed by atoms with van der Waals surface area (Å²) in [5, 5.41) is 0. The summed E-state index contributed by atoms with van der Waals surface area (Å²) in [6.45, 7) is 6.61. The fourth-order valence-electron chi connectivity index (χ4n) is 2.44. The predicted octanol–water partition coefficient (Wildman–Crippen LogP) is 1.06. The van der Waals surface area contributed by atoms with Gasteiger partial charge in [0.2, 0.25) is 10.0 Å². The number of allylic oxidation sites excluding steroid dienone is 3. The van der Waals surface area contributed by atoms with E-state index in [0.29, 0.717) is 12.5 Å². The van der Waals surface area contributed by atoms with Crippen LogP contribution in [-0.2, 0) is 14.8 Å². The first-order valence-electron chi connectivity index (χ1n) is 7.13. The molecule has 1 fully saturated rings. The maximum absolute atomic E-state index is 12.0. The lowest BCUT2D eigenvalue weighted by Gasteiger charge is -2.31. The molecule has 5 nitrogen and oxygen atoms in total. The molecule has 1 saturated heterocycles. The molecule has 20 heavy (non-hydrogen) atoms. The minimum Gasteiger partial charge on any atom is -0.379 e. The van der Waals surface area contributed by atoms with Gasteiger partial charge in [-0.3, -0.25) is 9.21 Å². The topological polar surface area (TPSA) is 49.9 Å². The molecule has 2 rings (SSSR count). The molecule has 0 spiro atoms. The minimum absolute atomic E-state index is 0.486. The lowest BCUT2D eigenvalue weighted by molar-refractivity contribution is 0.0370. The van der Waals surface area contributed by atoms with E-state index in [1.165, 1.54) is 10.6 Å². The molecular weight excluding hydrogens is 276 g/mol. The van der Waals surface area contributed by atoms with Gasteiger partial charge in [0.15, 0.2) is 0 Å². The van der Waals surface area contributed by atoms with Crippen molar-refractivity contribution in [2.45, 2.75) is 13.3 Å². The largest absolute Gasteiger partial charge is 0.379 e. The molecule has 1 aliphatic heterocycles. The van der Waals surface area contributed by atoms with Crippen LogP contribution in [0.4, 0.5) is 0 Å². The predicted molar refractivity (Wildman–Crippen MR) is 79.8 cm³/mol. The number of nitrogens with zero attached hydrogens (tertiary/aromatic N) is 2. The molecule has 114 valence electrons. The van der Waals surface area contributed by atoms with E-state index in [4.69, 9.17) is 4.74 Å². The van der Waals surface area contributed by atoms with E-state index in [1.54, 1.807) is 0 Å². The number of hydrogen-bond donors (Lipinski definition) is 0. The highest BCUT2D eigenvalue weighted by Crippen LogP contribution is 2.20. The van der Waals surface area contributed by atoms with E-state index in [2.05, 4.69) is 17.9 Å². The van der Waals surface area contributed by atoms with Gasteiger partial charge >= 0.3 is 0 Å². The van der Waals surface area contributed by atoms with Gasteiger partial charge in [-0.1, -0.05) is 19.1 Å². The molecule has 1 aliphatic carbocycles. The lowest BCUT2D eigenvalue weighted by Crippen LogP contribution is -2.42. The normalized spacial score (nSPS) is 24.5. The molecule has 6 heteroatoms. The Kier molecular flexibility index (Phi) is 5.23. The summed E-state index contributed by atoms with van der Waals surface area (Å²) in [5.41, 5.74) is 0.804. The molecule has 0 radical (unpaired) electrons. The zero-order valence-corrected chi connectivity index (χ0v) is 13.1. The van der Waals surface area contributed by atoms with Crippen LogP contribution in [0.5, 0.6) is 0 Å². The van der Waals surface area contributed by atoms with Crippen molar-refractivity contribution in [3.63, 3.8) is 0 Å². The molecule has 0 aromatic carbocycles. The average molecular weight is 300 g/mol. The van der Waals surface area contributed by atoms with Crippen molar-refractivity contribution < 1.29 is 13.2 Å². The van der Waals surface area contributed by atoms with E-state index in [1.807, 2.05) is 12.2 Å². The Labute approximate surface area is 121 Å². The Hall–Kier alpha value is -0.850. The van der Waals surface area contributed by atoms with Crippen molar-refractivity contribution in [1.82, 2.24) is 9.21 Å². The lowest BCUT2D eigenvalue weighted by atomic mass is 10.0. The Balaban J connectivity index is 1.99. The smallest absolute Gasteiger partial charge is 0.232 e. The van der Waals surface area contributed by atoms with Crippen molar-refractivity contribution >= 4 is 10.0 Å². The van der Waals surface area contributed by atoms with Crippen molar-refractivity contribution in [2.75, 3.05) is 45.6 Å². The Morgan fingerprint density at radius 1 is 1.40 bits per heavy atom. The molecule has 0 aromatic rings. The maximum atomic E-state index is 12.0. The van der Waals surface area contributed by atoms with Crippen molar-refractivity contribution in [1.29, 1.82) is 0 Å². The van der Waals surface area contributed by atoms with E-state index >= 15 is 0 Å². The summed E-state index contributed by atoms with van der Waals surface area (Å²) in [6, 6.07) is 0. The van der Waals surface area contributed by atoms with Crippen molar-refractivity contribution in [2.24, 2.45) is 5.92 Å². The fourth-order valence-corrected chi connectivity index (χ4v) is 3.38. The third-order valence-corrected chi connectivity index (χ3v) is 4.90. The highest BCUT2D eigenvalue weighted by molar-refractivity contribution is 7.88. The minimum atomic E-state index is -3.23. The third-order valence-electron chi connectivity index (χ3n) is 3.71. The van der Waals surface area contributed by atoms with Crippen molar-refractivity contribution in [3.8, 4) is 0 Å². The van der Waals surface area contributed by atoms with Gasteiger partial charge in [0, 0.05) is 31.9 Å². The summed E-state index contributed by atoms with van der Waals surface area (Å²) in [7, 11) is -3.23. The first-order valence-corrected chi connectivity index (χ1v) is 8.98. The highest BCUT2D eigenvalue weighted by atomic mass is 32.2. The van der Waals surface area contributed by atoms with E-state index < -0.39 is 10.0 Å². The second kappa shape index (κ2) is 6.74. The van der Waals surface area contributed by atoms with E-state index in [9.17, 15) is 8.42 Å². The standard InChI is InChI=1S/C14H24N2O3S/c1-13-3-5-14(6-4-13)16(20(2,17)18)8-7-15-9-11-19-12-10-15/h3,5-6,13H,4,7-12H2,1-2H3. The van der Waals surface area contributed by atoms with Crippen LogP contribution in [-0.4, -0.2) is 63.3 Å². The van der Waals surface area contributed by atoms with Gasteiger partial charge in [-0.25, -0.2) is 8.42 Å². The third kappa shape index (κ3) is 4.33. The molecule has 0 aromatic heterocycles. The Bertz CT molecular complexity index is 479. The highest BCUT2D eigenvalue weighted by Gasteiger charge is 2.21. The van der Waals surface area contributed by atoms with Gasteiger partial charge in [-0.05, 0) is 18.4 Å². The van der Waals surface area contributed by atoms with Crippen LogP contribution in [0, 0.1) is 5.92 Å². The van der Waals surface area contributed by atoms with Gasteiger partial charge < -0.3 is 4.74 Å². The quantitative estimate of drug-likeness (QED) is 0.762. The van der Waals surface area contributed by atoms with Gasteiger partial charge in [-0.15, -0.1) is 0 Å². The zero-order chi connectivity index (χ0) is 14.6. The molecule has 0 saturated carbocycles. The second-order valence-corrected chi connectivity index (χ2v) is 7.40. The number of sulfonamides is 1. The first kappa shape index (κ1) is 15.5. The molecule has 1 unspecified atom stereocenters. The zero-order valence-electron chi connectivity index (χ0n) is 12.3. The van der Waals surface area contributed by atoms with Crippen LogP contribution < -0.4 is 0 Å². The van der Waals surface area contributed by atoms with Gasteiger partial charge in [0.05, 0.1) is 19.5 Å². The van der Waals surface area contributed by atoms with Crippen LogP contribution in [0.1, 0.15) is 13.3 Å². The summed E-state index contributed by atoms with van der Waals surface area (Å²) < 4.78 is 30.8. The number of morpholine rings is 1. The number of hydrogen-bond acceptors (Lipinski definition) is 4. The number of ether oxygens (including phenoxy) is 1. The average Bonchev–Trinajstić information content (AvgIpc) is 2.41. The van der Waals surface area contributed by atoms with Crippen LogP contribution in [0.15, 0.2) is 23.9 Å². The fraction of sp³-hybridized carbons (Fsp3) is 0.714. The molecule has 1 heterocycles. The Morgan fingerprint density at radius 2 is 2.10 bits per heavy atom. The van der Waals surface area contributed by atoms with Crippen molar-refractivity contribution in [3.05, 3.63) is 23.9 Å². The van der Waals surface area contributed by atoms with Gasteiger partial charge in [0.1, 0.15) is 0 Å². The van der Waals surface area contributed by atoms with Crippen LogP contribution in [0.3, 0.4) is 0 Å². The van der Waals surface area contributed by atoms with E-state index in [0.717, 1.165) is 45.0 Å². The molecule has 0 bridgehead atoms. The molecule has 2 aliphatic rings. The summed E-state index contributed by atoms with van der Waals surface area (Å²) >= 11 is 0.